The summed E-state index contributed by atoms with van der Waals surface area (Å²) in [6.45, 7) is -0.446. The van der Waals surface area contributed by atoms with E-state index in [-0.39, 0.29) is 70.7 Å². The number of ether oxygens (including phenoxy) is 1. The van der Waals surface area contributed by atoms with Crippen molar-refractivity contribution < 1.29 is 95.9 Å². The van der Waals surface area contributed by atoms with E-state index in [1.807, 2.05) is 0 Å². The van der Waals surface area contributed by atoms with E-state index in [0.717, 1.165) is 0 Å². The molecule has 0 saturated carbocycles. The standard InChI is InChI=1S/C6H13NO5.4ClH.Pt/c7-6-5(11)4(10)3(9)2(1-8)12-6;;;;;/h2-6,8-11H,1,7H2;4*1H;/q;;;;;+4/p-4/t2-,3-,4+,5+,6?;;;;;/m1...../s1. The van der Waals surface area contributed by atoms with Gasteiger partial charge in [-0.3, -0.25) is 0 Å². The molecule has 0 aromatic heterocycles. The minimum Gasteiger partial charge on any atom is -1.00 e. The molecule has 110 valence electrons. The van der Waals surface area contributed by atoms with E-state index in [2.05, 4.69) is 0 Å². The fourth-order valence-electron chi connectivity index (χ4n) is 1.13. The van der Waals surface area contributed by atoms with Crippen LogP contribution in [-0.2, 0) is 25.8 Å². The number of hydrogen-bond acceptors (Lipinski definition) is 6. The molecule has 6 nitrogen and oxygen atoms in total. The molecule has 1 saturated heterocycles. The van der Waals surface area contributed by atoms with Gasteiger partial charge >= 0.3 is 21.1 Å². The monoisotopic (exact) mass is 514 g/mol. The van der Waals surface area contributed by atoms with Crippen LogP contribution >= 0.6 is 0 Å². The molecule has 1 heterocycles. The minimum atomic E-state index is -1.37. The number of nitrogens with two attached hydrogens (primary N) is 1. The van der Waals surface area contributed by atoms with Crippen LogP contribution in [0.3, 0.4) is 0 Å². The predicted octanol–water partition coefficient (Wildman–Crippen LogP) is -15.2. The maximum absolute atomic E-state index is 9.18. The molecule has 11 heteroatoms. The van der Waals surface area contributed by atoms with Crippen LogP contribution in [0, 0.1) is 0 Å². The topological polar surface area (TPSA) is 116 Å². The maximum atomic E-state index is 9.18. The first-order valence-electron chi connectivity index (χ1n) is 3.64. The van der Waals surface area contributed by atoms with Crippen molar-refractivity contribution in [2.45, 2.75) is 30.6 Å². The SMILES string of the molecule is NC1O[C@H](CO)[C@@H](O)[C@H](O)[C@@H]1O.[Cl-].[Cl-].[Cl-].[Cl-].[Pt+4]. The zero-order valence-corrected chi connectivity index (χ0v) is 13.5. The molecule has 0 radical (unpaired) electrons. The maximum Gasteiger partial charge on any atom is 4.00 e. The van der Waals surface area contributed by atoms with Crippen LogP contribution in [-0.4, -0.2) is 57.7 Å². The zero-order chi connectivity index (χ0) is 9.30. The third-order valence-electron chi connectivity index (χ3n) is 1.93. The number of aliphatic hydroxyl groups excluding tert-OH is 4. The van der Waals surface area contributed by atoms with E-state index in [0.29, 0.717) is 0 Å². The quantitative estimate of drug-likeness (QED) is 0.237. The van der Waals surface area contributed by atoms with Gasteiger partial charge in [0.15, 0.2) is 0 Å². The fraction of sp³-hybridized carbons (Fsp3) is 1.00. The summed E-state index contributed by atoms with van der Waals surface area (Å²) in [7, 11) is 0. The normalized spacial score (nSPS) is 34.8. The van der Waals surface area contributed by atoms with Crippen LogP contribution in [0.15, 0.2) is 0 Å². The Morgan fingerprint density at radius 3 is 1.65 bits per heavy atom. The second-order valence-corrected chi connectivity index (χ2v) is 2.79. The van der Waals surface area contributed by atoms with Gasteiger partial charge in [-0.15, -0.1) is 0 Å². The Bertz CT molecular complexity index is 169. The number of aliphatic hydroxyl groups is 4. The van der Waals surface area contributed by atoms with E-state index in [9.17, 15) is 5.11 Å². The molecular weight excluding hydrogens is 503 g/mol. The van der Waals surface area contributed by atoms with Gasteiger partial charge < -0.3 is 80.5 Å². The summed E-state index contributed by atoms with van der Waals surface area (Å²) in [5, 5.41) is 36.1. The summed E-state index contributed by atoms with van der Waals surface area (Å²) in [5.41, 5.74) is 5.24. The average Bonchev–Trinajstić information content (AvgIpc) is 2.08. The largest absolute Gasteiger partial charge is 4.00 e. The van der Waals surface area contributed by atoms with Gasteiger partial charge in [-0.2, -0.15) is 0 Å². The van der Waals surface area contributed by atoms with Crippen molar-refractivity contribution in [2.24, 2.45) is 5.73 Å². The average molecular weight is 516 g/mol. The van der Waals surface area contributed by atoms with Gasteiger partial charge in [0.05, 0.1) is 6.61 Å². The molecule has 1 rings (SSSR count). The van der Waals surface area contributed by atoms with Crippen LogP contribution in [0.4, 0.5) is 0 Å². The minimum absolute atomic E-state index is 0. The molecule has 0 amide bonds. The third-order valence-corrected chi connectivity index (χ3v) is 1.93. The molecule has 0 aromatic carbocycles. The Kier molecular flexibility index (Phi) is 25.7. The molecular formula is C6H13Cl4NO5Pt. The summed E-state index contributed by atoms with van der Waals surface area (Å²) in [6.07, 6.45) is -5.99. The van der Waals surface area contributed by atoms with E-state index >= 15 is 0 Å². The Morgan fingerprint density at radius 1 is 0.882 bits per heavy atom. The van der Waals surface area contributed by atoms with Crippen molar-refractivity contribution in [1.82, 2.24) is 0 Å². The van der Waals surface area contributed by atoms with Crippen molar-refractivity contribution in [2.75, 3.05) is 6.61 Å². The number of halogens is 4. The van der Waals surface area contributed by atoms with Crippen LogP contribution in [0.2, 0.25) is 0 Å². The number of hydrogen-bond donors (Lipinski definition) is 5. The van der Waals surface area contributed by atoms with E-state index in [1.165, 1.54) is 0 Å². The summed E-state index contributed by atoms with van der Waals surface area (Å²) in [5.74, 6) is 0. The summed E-state index contributed by atoms with van der Waals surface area (Å²) in [6, 6.07) is 0. The van der Waals surface area contributed by atoms with Crippen molar-refractivity contribution in [3.8, 4) is 0 Å². The summed E-state index contributed by atoms with van der Waals surface area (Å²) in [4.78, 5) is 0. The van der Waals surface area contributed by atoms with Crippen LogP contribution in [0.25, 0.3) is 0 Å². The first kappa shape index (κ1) is 31.2. The van der Waals surface area contributed by atoms with Gasteiger partial charge in [0.2, 0.25) is 0 Å². The van der Waals surface area contributed by atoms with Crippen LogP contribution in [0.5, 0.6) is 0 Å². The second-order valence-electron chi connectivity index (χ2n) is 2.79. The molecule has 17 heavy (non-hydrogen) atoms. The zero-order valence-electron chi connectivity index (χ0n) is 8.20. The van der Waals surface area contributed by atoms with E-state index in [1.54, 1.807) is 0 Å². The van der Waals surface area contributed by atoms with Crippen LogP contribution in [0.1, 0.15) is 0 Å². The van der Waals surface area contributed by atoms with Crippen molar-refractivity contribution in [1.29, 1.82) is 0 Å². The van der Waals surface area contributed by atoms with Crippen LogP contribution < -0.4 is 55.4 Å². The molecule has 0 aliphatic carbocycles. The van der Waals surface area contributed by atoms with Gasteiger partial charge in [-0.05, 0) is 0 Å². The predicted molar refractivity (Wildman–Crippen MR) is 38.0 cm³/mol. The molecule has 1 aliphatic rings. The first-order valence-corrected chi connectivity index (χ1v) is 3.64. The molecule has 0 spiro atoms. The molecule has 1 fully saturated rings. The summed E-state index contributed by atoms with van der Waals surface area (Å²) >= 11 is 0. The molecule has 6 N–H and O–H groups in total. The molecule has 5 atom stereocenters. The second kappa shape index (κ2) is 14.0. The van der Waals surface area contributed by atoms with Gasteiger partial charge in [-0.25, -0.2) is 0 Å². The van der Waals surface area contributed by atoms with Gasteiger partial charge in [0, 0.05) is 0 Å². The Balaban J connectivity index is -0.0000000960. The fourth-order valence-corrected chi connectivity index (χ4v) is 1.13. The molecule has 1 unspecified atom stereocenters. The summed E-state index contributed by atoms with van der Waals surface area (Å²) < 4.78 is 4.80. The first-order chi connectivity index (χ1) is 5.57. The van der Waals surface area contributed by atoms with Crippen molar-refractivity contribution in [3.63, 3.8) is 0 Å². The van der Waals surface area contributed by atoms with E-state index in [4.69, 9.17) is 25.8 Å². The molecule has 0 bridgehead atoms. The van der Waals surface area contributed by atoms with Crippen molar-refractivity contribution >= 4 is 0 Å². The van der Waals surface area contributed by atoms with E-state index < -0.39 is 37.3 Å². The van der Waals surface area contributed by atoms with Crippen molar-refractivity contribution in [3.05, 3.63) is 0 Å². The Hall–Kier alpha value is 1.61. The van der Waals surface area contributed by atoms with Gasteiger partial charge in [-0.1, -0.05) is 0 Å². The molecule has 1 aliphatic heterocycles. The van der Waals surface area contributed by atoms with Gasteiger partial charge in [0.1, 0.15) is 30.6 Å². The number of rotatable bonds is 1. The van der Waals surface area contributed by atoms with Gasteiger partial charge in [0.25, 0.3) is 0 Å². The Labute approximate surface area is 138 Å². The smallest absolute Gasteiger partial charge is 1.00 e. The third kappa shape index (κ3) is 7.70. The Morgan fingerprint density at radius 2 is 1.29 bits per heavy atom. The molecule has 0 aromatic rings.